The molecule has 0 bridgehead atoms. The number of nitrogens with one attached hydrogen (secondary N) is 1. The van der Waals surface area contributed by atoms with Gasteiger partial charge in [0.2, 0.25) is 0 Å². The Bertz CT molecular complexity index is 1170. The Labute approximate surface area is 178 Å². The number of hydrogen-bond acceptors (Lipinski definition) is 4. The number of aromatic amines is 1. The van der Waals surface area contributed by atoms with Gasteiger partial charge >= 0.3 is 0 Å². The van der Waals surface area contributed by atoms with Gasteiger partial charge in [0.15, 0.2) is 0 Å². The van der Waals surface area contributed by atoms with Crippen LogP contribution in [0.25, 0.3) is 10.9 Å². The molecule has 0 spiro atoms. The Balaban J connectivity index is 1.38. The van der Waals surface area contributed by atoms with Gasteiger partial charge < -0.3 is 4.98 Å². The summed E-state index contributed by atoms with van der Waals surface area (Å²) in [5.41, 5.74) is 5.02. The van der Waals surface area contributed by atoms with Gasteiger partial charge in [0, 0.05) is 35.6 Å². The molecule has 30 heavy (non-hydrogen) atoms. The second-order valence-electron chi connectivity index (χ2n) is 8.70. The van der Waals surface area contributed by atoms with Gasteiger partial charge in [0.25, 0.3) is 10.1 Å². The molecule has 5 rings (SSSR count). The molecule has 0 amide bonds. The molecule has 2 heterocycles. The van der Waals surface area contributed by atoms with Crippen molar-refractivity contribution in [3.05, 3.63) is 65.4 Å². The van der Waals surface area contributed by atoms with Crippen LogP contribution in [0.2, 0.25) is 0 Å². The molecular formula is C24H28N2O3S. The number of hydrogen-bond donors (Lipinski definition) is 1. The number of piperidine rings is 1. The Morgan fingerprint density at radius 1 is 1.17 bits per heavy atom. The molecule has 3 aromatic rings. The van der Waals surface area contributed by atoms with Crippen molar-refractivity contribution in [1.82, 2.24) is 9.88 Å². The van der Waals surface area contributed by atoms with Crippen LogP contribution < -0.4 is 0 Å². The summed E-state index contributed by atoms with van der Waals surface area (Å²) in [5, 5.41) is 1.36. The number of likely N-dealkylation sites (N-methyl/N-ethyl adjacent to an activating group) is 1. The van der Waals surface area contributed by atoms with Gasteiger partial charge in [0.1, 0.15) is 0 Å². The van der Waals surface area contributed by atoms with E-state index in [-0.39, 0.29) is 17.4 Å². The van der Waals surface area contributed by atoms with Crippen molar-refractivity contribution in [3.63, 3.8) is 0 Å². The van der Waals surface area contributed by atoms with Gasteiger partial charge in [-0.2, -0.15) is 8.42 Å². The van der Waals surface area contributed by atoms with E-state index in [4.69, 9.17) is 4.18 Å². The quantitative estimate of drug-likeness (QED) is 0.623. The maximum atomic E-state index is 12.7. The van der Waals surface area contributed by atoms with E-state index < -0.39 is 10.1 Å². The van der Waals surface area contributed by atoms with Crippen LogP contribution in [0.15, 0.2) is 53.6 Å². The number of rotatable bonds is 5. The van der Waals surface area contributed by atoms with Crippen LogP contribution >= 0.6 is 0 Å². The number of fused-ring (bicyclic) bond motifs is 2. The molecule has 0 radical (unpaired) electrons. The predicted octanol–water partition coefficient (Wildman–Crippen LogP) is 4.23. The summed E-state index contributed by atoms with van der Waals surface area (Å²) in [4.78, 5) is 6.16. The van der Waals surface area contributed by atoms with E-state index in [9.17, 15) is 8.42 Å². The highest BCUT2D eigenvalue weighted by atomic mass is 32.2. The zero-order chi connectivity index (χ0) is 20.9. The van der Waals surface area contributed by atoms with E-state index in [0.29, 0.717) is 12.0 Å². The highest BCUT2D eigenvalue weighted by molar-refractivity contribution is 7.86. The molecule has 158 valence electrons. The van der Waals surface area contributed by atoms with Gasteiger partial charge in [-0.05, 0) is 61.6 Å². The third-order valence-electron chi connectivity index (χ3n) is 6.84. The van der Waals surface area contributed by atoms with E-state index in [1.54, 1.807) is 24.3 Å². The SMILES string of the molecule is CCN1C[C@H](COS(=O)(=O)c2ccc(C)cc2)C[C@@H]2c3cccc4[nH]cc(c34)C[C@H]21. The van der Waals surface area contributed by atoms with Crippen LogP contribution in [0.1, 0.15) is 36.0 Å². The van der Waals surface area contributed by atoms with Crippen molar-refractivity contribution in [2.45, 2.75) is 43.5 Å². The molecule has 1 saturated heterocycles. The molecule has 2 aromatic carbocycles. The minimum absolute atomic E-state index is 0.183. The van der Waals surface area contributed by atoms with E-state index >= 15 is 0 Å². The summed E-state index contributed by atoms with van der Waals surface area (Å²) in [6, 6.07) is 13.8. The van der Waals surface area contributed by atoms with Gasteiger partial charge in [-0.25, -0.2) is 0 Å². The molecule has 1 aliphatic heterocycles. The van der Waals surface area contributed by atoms with Crippen LogP contribution in [0.4, 0.5) is 0 Å². The number of aryl methyl sites for hydroxylation is 1. The van der Waals surface area contributed by atoms with Crippen molar-refractivity contribution in [3.8, 4) is 0 Å². The summed E-state index contributed by atoms with van der Waals surface area (Å²) >= 11 is 0. The monoisotopic (exact) mass is 424 g/mol. The largest absolute Gasteiger partial charge is 0.361 e. The number of likely N-dealkylation sites (tertiary alicyclic amines) is 1. The lowest BCUT2D eigenvalue weighted by molar-refractivity contribution is 0.0682. The van der Waals surface area contributed by atoms with Crippen LogP contribution in [-0.2, 0) is 20.7 Å². The van der Waals surface area contributed by atoms with Crippen molar-refractivity contribution >= 4 is 21.0 Å². The van der Waals surface area contributed by atoms with Crippen LogP contribution in [0.5, 0.6) is 0 Å². The fraction of sp³-hybridized carbons (Fsp3) is 0.417. The molecule has 1 aromatic heterocycles. The smallest absolute Gasteiger partial charge is 0.296 e. The molecule has 5 nitrogen and oxygen atoms in total. The first-order valence-electron chi connectivity index (χ1n) is 10.8. The summed E-state index contributed by atoms with van der Waals surface area (Å²) < 4.78 is 30.9. The van der Waals surface area contributed by atoms with Crippen molar-refractivity contribution in [2.24, 2.45) is 5.92 Å². The lowest BCUT2D eigenvalue weighted by Gasteiger charge is -2.46. The highest BCUT2D eigenvalue weighted by Crippen LogP contribution is 2.44. The summed E-state index contributed by atoms with van der Waals surface area (Å²) in [6.45, 7) is 6.19. The van der Waals surface area contributed by atoms with Crippen molar-refractivity contribution in [2.75, 3.05) is 19.7 Å². The lowest BCUT2D eigenvalue weighted by atomic mass is 9.72. The molecule has 6 heteroatoms. The van der Waals surface area contributed by atoms with E-state index in [0.717, 1.165) is 31.5 Å². The van der Waals surface area contributed by atoms with Gasteiger partial charge in [-0.3, -0.25) is 9.08 Å². The minimum atomic E-state index is -3.73. The van der Waals surface area contributed by atoms with Gasteiger partial charge in [-0.15, -0.1) is 0 Å². The topological polar surface area (TPSA) is 62.4 Å². The average Bonchev–Trinajstić information content (AvgIpc) is 3.17. The fourth-order valence-corrected chi connectivity index (χ4v) is 6.32. The first-order chi connectivity index (χ1) is 14.5. The number of H-pyrrole nitrogens is 1. The zero-order valence-electron chi connectivity index (χ0n) is 17.5. The first kappa shape index (κ1) is 19.8. The van der Waals surface area contributed by atoms with E-state index in [2.05, 4.69) is 41.2 Å². The van der Waals surface area contributed by atoms with Crippen LogP contribution in [0.3, 0.4) is 0 Å². The summed E-state index contributed by atoms with van der Waals surface area (Å²) in [6.07, 6.45) is 4.15. The summed E-state index contributed by atoms with van der Waals surface area (Å²) in [7, 11) is -3.73. The third-order valence-corrected chi connectivity index (χ3v) is 8.13. The first-order valence-corrected chi connectivity index (χ1v) is 12.2. The maximum absolute atomic E-state index is 12.7. The second-order valence-corrected chi connectivity index (χ2v) is 10.3. The zero-order valence-corrected chi connectivity index (χ0v) is 18.3. The van der Waals surface area contributed by atoms with Gasteiger partial charge in [0.05, 0.1) is 11.5 Å². The fourth-order valence-electron chi connectivity index (χ4n) is 5.34. The Morgan fingerprint density at radius 2 is 1.97 bits per heavy atom. The van der Waals surface area contributed by atoms with Crippen LogP contribution in [0, 0.1) is 12.8 Å². The molecule has 3 atom stereocenters. The standard InChI is InChI=1S/C24H28N2O3S/c1-3-26-14-17(15-29-30(27,28)19-9-7-16(2)8-10-19)11-21-20-5-4-6-22-24(20)18(13-25-22)12-23(21)26/h4-10,13,17,21,23,25H,3,11-12,14-15H2,1-2H3/t17-,21-,23-/m1/s1. The molecule has 2 aliphatic rings. The normalized spacial score (nSPS) is 24.1. The molecule has 1 aliphatic carbocycles. The molecular weight excluding hydrogens is 396 g/mol. The molecule has 1 fully saturated rings. The van der Waals surface area contributed by atoms with Crippen molar-refractivity contribution < 1.29 is 12.6 Å². The Hall–Kier alpha value is -2.15. The molecule has 0 unspecified atom stereocenters. The Kier molecular flexibility index (Phi) is 4.96. The van der Waals surface area contributed by atoms with Gasteiger partial charge in [-0.1, -0.05) is 36.8 Å². The third kappa shape index (κ3) is 3.37. The van der Waals surface area contributed by atoms with Crippen LogP contribution in [-0.4, -0.2) is 44.0 Å². The maximum Gasteiger partial charge on any atom is 0.296 e. The predicted molar refractivity (Wildman–Crippen MR) is 118 cm³/mol. The number of nitrogens with zero attached hydrogens (tertiary/aromatic N) is 1. The minimum Gasteiger partial charge on any atom is -0.361 e. The number of aromatic nitrogens is 1. The molecule has 1 N–H and O–H groups in total. The highest BCUT2D eigenvalue weighted by Gasteiger charge is 2.40. The average molecular weight is 425 g/mol. The Morgan fingerprint density at radius 3 is 2.73 bits per heavy atom. The second kappa shape index (κ2) is 7.52. The lowest BCUT2D eigenvalue weighted by Crippen LogP contribution is -2.50. The summed E-state index contributed by atoms with van der Waals surface area (Å²) in [5.74, 6) is 0.587. The van der Waals surface area contributed by atoms with E-state index in [1.165, 1.54) is 22.0 Å². The van der Waals surface area contributed by atoms with Crippen molar-refractivity contribution in [1.29, 1.82) is 0 Å². The molecule has 0 saturated carbocycles. The van der Waals surface area contributed by atoms with E-state index in [1.807, 2.05) is 6.92 Å². The number of benzene rings is 2.